The van der Waals surface area contributed by atoms with E-state index >= 15 is 0 Å². The van der Waals surface area contributed by atoms with E-state index in [0.29, 0.717) is 12.0 Å². The molecule has 1 N–H and O–H groups in total. The third-order valence-corrected chi connectivity index (χ3v) is 4.20. The fourth-order valence-electron chi connectivity index (χ4n) is 1.99. The van der Waals surface area contributed by atoms with E-state index in [9.17, 15) is 17.8 Å². The zero-order chi connectivity index (χ0) is 15.3. The van der Waals surface area contributed by atoms with E-state index in [0.717, 1.165) is 5.56 Å². The van der Waals surface area contributed by atoms with Gasteiger partial charge in [-0.15, -0.1) is 0 Å². The Kier molecular flexibility index (Phi) is 8.27. The van der Waals surface area contributed by atoms with Crippen LogP contribution in [0.1, 0.15) is 36.2 Å². The van der Waals surface area contributed by atoms with Gasteiger partial charge in [0, 0.05) is 0 Å². The number of ether oxygens (including phenoxy) is 1. The van der Waals surface area contributed by atoms with Crippen LogP contribution in [0.3, 0.4) is 0 Å². The topological polar surface area (TPSA) is 80.7 Å². The monoisotopic (exact) mass is 308 g/mol. The number of hydrogen-bond donors (Lipinski definition) is 1. The Morgan fingerprint density at radius 3 is 2.14 bits per heavy atom. The molecule has 0 heterocycles. The van der Waals surface area contributed by atoms with Gasteiger partial charge in [-0.25, -0.2) is 4.79 Å². The minimum absolute atomic E-state index is 0. The molecule has 1 aromatic rings. The van der Waals surface area contributed by atoms with Crippen molar-refractivity contribution in [1.29, 1.82) is 0 Å². The summed E-state index contributed by atoms with van der Waals surface area (Å²) in [7, 11) is -2.78. The molecule has 0 fully saturated rings. The summed E-state index contributed by atoms with van der Waals surface area (Å²) in [5.41, 5.74) is 1.16. The first-order chi connectivity index (χ1) is 9.24. The maximum absolute atomic E-state index is 11.4. The number of esters is 1. The zero-order valence-corrected chi connectivity index (χ0v) is 12.7. The molecule has 0 spiro atoms. The SMILES string of the molecule is COC(=O)c1ccc(CC(CC(C)C)S(=O)(=O)O)cc1.[LiH]. The Bertz CT molecular complexity index is 551. The molecule has 114 valence electrons. The predicted molar refractivity (Wildman–Crippen MR) is 83.4 cm³/mol. The van der Waals surface area contributed by atoms with Crippen LogP contribution < -0.4 is 0 Å². The summed E-state index contributed by atoms with van der Waals surface area (Å²) in [5.74, 6) is -0.277. The zero-order valence-electron chi connectivity index (χ0n) is 11.9. The second-order valence-electron chi connectivity index (χ2n) is 5.16. The number of methoxy groups -OCH3 is 1. The van der Waals surface area contributed by atoms with Crippen molar-refractivity contribution < 1.29 is 22.5 Å². The molecule has 0 aliphatic carbocycles. The second kappa shape index (κ2) is 8.59. The molecule has 0 amide bonds. The van der Waals surface area contributed by atoms with E-state index in [-0.39, 0.29) is 31.2 Å². The summed E-state index contributed by atoms with van der Waals surface area (Å²) >= 11 is 0. The van der Waals surface area contributed by atoms with E-state index in [1.807, 2.05) is 13.8 Å². The van der Waals surface area contributed by atoms with Crippen molar-refractivity contribution in [1.82, 2.24) is 0 Å². The fraction of sp³-hybridized carbons (Fsp3) is 0.500. The first-order valence-corrected chi connectivity index (χ1v) is 7.88. The second-order valence-corrected chi connectivity index (χ2v) is 6.86. The van der Waals surface area contributed by atoms with Gasteiger partial charge in [-0.1, -0.05) is 26.0 Å². The van der Waals surface area contributed by atoms with Gasteiger partial charge >= 0.3 is 24.8 Å². The first-order valence-electron chi connectivity index (χ1n) is 6.37. The average Bonchev–Trinajstić information content (AvgIpc) is 2.36. The molecule has 0 saturated heterocycles. The van der Waals surface area contributed by atoms with Gasteiger partial charge < -0.3 is 4.74 Å². The molecule has 0 aliphatic rings. The fourth-order valence-corrected chi connectivity index (χ4v) is 3.02. The van der Waals surface area contributed by atoms with Gasteiger partial charge in [0.05, 0.1) is 17.9 Å². The Labute approximate surface area is 138 Å². The molecule has 0 saturated carbocycles. The van der Waals surface area contributed by atoms with Crippen LogP contribution in [-0.4, -0.2) is 50.2 Å². The van der Waals surface area contributed by atoms with Gasteiger partial charge in [0.2, 0.25) is 0 Å². The molecule has 0 bridgehead atoms. The van der Waals surface area contributed by atoms with Crippen molar-refractivity contribution in [2.45, 2.75) is 31.9 Å². The van der Waals surface area contributed by atoms with Crippen molar-refractivity contribution >= 4 is 34.9 Å². The molecule has 1 aromatic carbocycles. The number of carbonyl (C=O) groups is 1. The van der Waals surface area contributed by atoms with Gasteiger partial charge in [0.15, 0.2) is 0 Å². The van der Waals surface area contributed by atoms with Crippen LogP contribution in [0.15, 0.2) is 24.3 Å². The molecule has 1 atom stereocenters. The van der Waals surface area contributed by atoms with Crippen molar-refractivity contribution in [3.8, 4) is 0 Å². The van der Waals surface area contributed by atoms with Crippen LogP contribution in [0, 0.1) is 5.92 Å². The van der Waals surface area contributed by atoms with Crippen LogP contribution in [-0.2, 0) is 21.3 Å². The van der Waals surface area contributed by atoms with Crippen molar-refractivity contribution in [3.63, 3.8) is 0 Å². The molecular formula is C14H21LiO5S. The van der Waals surface area contributed by atoms with E-state index in [4.69, 9.17) is 0 Å². The van der Waals surface area contributed by atoms with Crippen LogP contribution in [0.2, 0.25) is 0 Å². The molecular weight excluding hydrogens is 287 g/mol. The number of rotatable bonds is 6. The van der Waals surface area contributed by atoms with Crippen LogP contribution in [0.4, 0.5) is 0 Å². The van der Waals surface area contributed by atoms with Gasteiger partial charge in [-0.05, 0) is 36.5 Å². The molecule has 0 aliphatic heterocycles. The van der Waals surface area contributed by atoms with Gasteiger partial charge in [0.1, 0.15) is 0 Å². The van der Waals surface area contributed by atoms with Gasteiger partial charge in [-0.3, -0.25) is 4.55 Å². The van der Waals surface area contributed by atoms with Crippen molar-refractivity contribution in [2.24, 2.45) is 5.92 Å². The number of benzene rings is 1. The Balaban J connectivity index is 0.00000400. The summed E-state index contributed by atoms with van der Waals surface area (Å²) < 4.78 is 36.6. The Hall–Kier alpha value is -0.803. The van der Waals surface area contributed by atoms with E-state index in [1.54, 1.807) is 24.3 Å². The molecule has 0 radical (unpaired) electrons. The summed E-state index contributed by atoms with van der Waals surface area (Å²) in [6.07, 6.45) is 0.607. The Morgan fingerprint density at radius 2 is 1.76 bits per heavy atom. The van der Waals surface area contributed by atoms with E-state index < -0.39 is 21.3 Å². The molecule has 7 heteroatoms. The standard InChI is InChI=1S/C14H20O5S.Li.H/c1-10(2)8-13(20(16,17)18)9-11-4-6-12(7-5-11)14(15)19-3;;/h4-7,10,13H,8-9H2,1-3H3,(H,16,17,18);;. The van der Waals surface area contributed by atoms with Gasteiger partial charge in [0.25, 0.3) is 10.1 Å². The maximum atomic E-state index is 11.4. The van der Waals surface area contributed by atoms with E-state index in [1.165, 1.54) is 7.11 Å². The molecule has 21 heavy (non-hydrogen) atoms. The summed E-state index contributed by atoms with van der Waals surface area (Å²) in [6, 6.07) is 6.50. The molecule has 1 unspecified atom stereocenters. The van der Waals surface area contributed by atoms with Crippen molar-refractivity contribution in [3.05, 3.63) is 35.4 Å². The third kappa shape index (κ3) is 6.66. The third-order valence-electron chi connectivity index (χ3n) is 2.99. The van der Waals surface area contributed by atoms with Crippen LogP contribution in [0.5, 0.6) is 0 Å². The average molecular weight is 308 g/mol. The molecule has 1 rings (SSSR count). The number of carbonyl (C=O) groups excluding carboxylic acids is 1. The van der Waals surface area contributed by atoms with Gasteiger partial charge in [-0.2, -0.15) is 8.42 Å². The summed E-state index contributed by atoms with van der Waals surface area (Å²) in [4.78, 5) is 11.3. The van der Waals surface area contributed by atoms with E-state index in [2.05, 4.69) is 4.74 Å². The quantitative estimate of drug-likeness (QED) is 0.491. The summed E-state index contributed by atoms with van der Waals surface area (Å²) in [6.45, 7) is 3.80. The predicted octanol–water partition coefficient (Wildman–Crippen LogP) is 1.67. The minimum atomic E-state index is -4.08. The van der Waals surface area contributed by atoms with Crippen LogP contribution in [0.25, 0.3) is 0 Å². The van der Waals surface area contributed by atoms with Crippen molar-refractivity contribution in [2.75, 3.05) is 7.11 Å². The first kappa shape index (κ1) is 20.2. The normalized spacial score (nSPS) is 12.6. The number of hydrogen-bond acceptors (Lipinski definition) is 4. The van der Waals surface area contributed by atoms with Crippen LogP contribution >= 0.6 is 0 Å². The molecule has 5 nitrogen and oxygen atoms in total. The summed E-state index contributed by atoms with van der Waals surface area (Å²) in [5, 5.41) is -0.827. The molecule has 0 aromatic heterocycles. The Morgan fingerprint density at radius 1 is 1.24 bits per heavy atom.